The average Bonchev–Trinajstić information content (AvgIpc) is 3.31. The van der Waals surface area contributed by atoms with Gasteiger partial charge in [-0.3, -0.25) is 4.79 Å². The number of nitrogens with two attached hydrogens (primary N) is 1. The molecule has 0 atom stereocenters. The summed E-state index contributed by atoms with van der Waals surface area (Å²) in [4.78, 5) is 21.8. The summed E-state index contributed by atoms with van der Waals surface area (Å²) in [5.74, 6) is -0.381. The third-order valence-electron chi connectivity index (χ3n) is 4.42. The molecular formula is C19H18N4O4S3. The fourth-order valence-corrected chi connectivity index (χ4v) is 5.40. The zero-order valence-electron chi connectivity index (χ0n) is 15.9. The van der Waals surface area contributed by atoms with E-state index in [1.165, 1.54) is 34.8 Å². The van der Waals surface area contributed by atoms with Crippen molar-refractivity contribution >= 4 is 59.0 Å². The summed E-state index contributed by atoms with van der Waals surface area (Å²) >= 11 is 2.69. The monoisotopic (exact) mass is 462 g/mol. The molecule has 0 bridgehead atoms. The van der Waals surface area contributed by atoms with E-state index in [2.05, 4.69) is 9.98 Å². The van der Waals surface area contributed by atoms with Gasteiger partial charge in [0.15, 0.2) is 4.80 Å². The summed E-state index contributed by atoms with van der Waals surface area (Å²) in [6.45, 7) is 3.38. The van der Waals surface area contributed by atoms with Crippen molar-refractivity contribution in [2.24, 2.45) is 10.1 Å². The third kappa shape index (κ3) is 4.20. The summed E-state index contributed by atoms with van der Waals surface area (Å²) in [6.07, 6.45) is 0. The second-order valence-corrected chi connectivity index (χ2v) is 9.82. The molecule has 2 N–H and O–H groups in total. The van der Waals surface area contributed by atoms with Crippen LogP contribution in [0.2, 0.25) is 0 Å². The molecule has 0 aliphatic heterocycles. The Morgan fingerprint density at radius 3 is 2.83 bits per heavy atom. The molecule has 2 aromatic carbocycles. The van der Waals surface area contributed by atoms with Crippen LogP contribution in [0.3, 0.4) is 0 Å². The van der Waals surface area contributed by atoms with Gasteiger partial charge in [-0.15, -0.1) is 11.3 Å². The molecule has 2 aromatic heterocycles. The van der Waals surface area contributed by atoms with Gasteiger partial charge >= 0.3 is 0 Å². The highest BCUT2D eigenvalue weighted by molar-refractivity contribution is 7.89. The van der Waals surface area contributed by atoms with E-state index in [-0.39, 0.29) is 10.8 Å². The molecule has 0 aliphatic rings. The highest BCUT2D eigenvalue weighted by Crippen LogP contribution is 2.22. The van der Waals surface area contributed by atoms with Gasteiger partial charge in [0.2, 0.25) is 10.0 Å². The van der Waals surface area contributed by atoms with Crippen molar-refractivity contribution < 1.29 is 17.9 Å². The van der Waals surface area contributed by atoms with E-state index in [0.717, 1.165) is 15.7 Å². The van der Waals surface area contributed by atoms with Crippen LogP contribution < -0.4 is 9.94 Å². The van der Waals surface area contributed by atoms with Gasteiger partial charge in [-0.05, 0) is 43.3 Å². The predicted molar refractivity (Wildman–Crippen MR) is 117 cm³/mol. The van der Waals surface area contributed by atoms with E-state index in [0.29, 0.717) is 34.8 Å². The van der Waals surface area contributed by atoms with Gasteiger partial charge in [0, 0.05) is 18.7 Å². The van der Waals surface area contributed by atoms with Crippen molar-refractivity contribution in [2.75, 3.05) is 13.2 Å². The highest BCUT2D eigenvalue weighted by Gasteiger charge is 2.14. The first-order valence-corrected chi connectivity index (χ1v) is 12.3. The quantitative estimate of drug-likeness (QED) is 0.442. The van der Waals surface area contributed by atoms with Gasteiger partial charge in [0.1, 0.15) is 0 Å². The van der Waals surface area contributed by atoms with E-state index in [1.807, 2.05) is 11.5 Å². The number of carbonyl (C=O) groups is 1. The Hall–Kier alpha value is -2.44. The lowest BCUT2D eigenvalue weighted by Gasteiger charge is -2.06. The van der Waals surface area contributed by atoms with E-state index in [1.54, 1.807) is 29.8 Å². The van der Waals surface area contributed by atoms with Crippen molar-refractivity contribution in [1.82, 2.24) is 9.55 Å². The molecule has 0 spiro atoms. The predicted octanol–water partition coefficient (Wildman–Crippen LogP) is 2.74. The van der Waals surface area contributed by atoms with Crippen LogP contribution in [0.4, 0.5) is 0 Å². The number of carbonyl (C=O) groups excluding carboxylic acids is 1. The van der Waals surface area contributed by atoms with Crippen LogP contribution in [0, 0.1) is 0 Å². The maximum Gasteiger partial charge on any atom is 0.279 e. The topological polar surface area (TPSA) is 117 Å². The fourth-order valence-electron chi connectivity index (χ4n) is 2.97. The second-order valence-electron chi connectivity index (χ2n) is 6.36. The summed E-state index contributed by atoms with van der Waals surface area (Å²) in [5.41, 5.74) is 3.79. The van der Waals surface area contributed by atoms with E-state index < -0.39 is 10.0 Å². The van der Waals surface area contributed by atoms with Gasteiger partial charge in [-0.25, -0.2) is 18.5 Å². The molecule has 11 heteroatoms. The maximum atomic E-state index is 12.8. The number of hydrogen-bond acceptors (Lipinski definition) is 7. The van der Waals surface area contributed by atoms with Crippen LogP contribution in [0.1, 0.15) is 17.3 Å². The first-order chi connectivity index (χ1) is 14.4. The lowest BCUT2D eigenvalue weighted by Crippen LogP contribution is -2.19. The molecule has 0 radical (unpaired) electrons. The largest absolute Gasteiger partial charge is 0.380 e. The number of fused-ring (bicyclic) bond motifs is 2. The number of rotatable bonds is 6. The van der Waals surface area contributed by atoms with E-state index in [9.17, 15) is 13.2 Å². The number of ether oxygens (including phenoxy) is 1. The average molecular weight is 463 g/mol. The van der Waals surface area contributed by atoms with Gasteiger partial charge in [0.05, 0.1) is 37.4 Å². The molecule has 0 aliphatic carbocycles. The minimum absolute atomic E-state index is 0.0155. The SMILES string of the molecule is CCOCCn1c(=NC(=O)c2ccc3ncsc3c2)sc2cc(S(N)(=O)=O)ccc21. The first kappa shape index (κ1) is 20.8. The van der Waals surface area contributed by atoms with E-state index >= 15 is 0 Å². The molecule has 30 heavy (non-hydrogen) atoms. The number of amides is 1. The maximum absolute atomic E-state index is 12.8. The Morgan fingerprint density at radius 2 is 2.07 bits per heavy atom. The molecule has 4 rings (SSSR count). The normalized spacial score (nSPS) is 12.8. The van der Waals surface area contributed by atoms with Gasteiger partial charge in [-0.2, -0.15) is 4.99 Å². The van der Waals surface area contributed by atoms with Crippen molar-refractivity contribution in [3.8, 4) is 0 Å². The fraction of sp³-hybridized carbons (Fsp3) is 0.211. The summed E-state index contributed by atoms with van der Waals surface area (Å²) in [6, 6.07) is 9.89. The standard InChI is InChI=1S/C19H18N4O4S3/c1-2-27-8-7-23-15-6-4-13(30(20,25)26)10-17(15)29-19(23)22-18(24)12-3-5-14-16(9-12)28-11-21-14/h3-6,9-11H,2,7-8H2,1H3,(H2,20,25,26). The van der Waals surface area contributed by atoms with Crippen LogP contribution in [-0.2, 0) is 21.3 Å². The molecule has 0 saturated heterocycles. The molecule has 8 nitrogen and oxygen atoms in total. The number of aromatic nitrogens is 2. The first-order valence-electron chi connectivity index (χ1n) is 9.03. The van der Waals surface area contributed by atoms with Gasteiger partial charge in [-0.1, -0.05) is 11.3 Å². The minimum Gasteiger partial charge on any atom is -0.380 e. The van der Waals surface area contributed by atoms with Crippen LogP contribution in [0.5, 0.6) is 0 Å². The van der Waals surface area contributed by atoms with Gasteiger partial charge < -0.3 is 9.30 Å². The number of primary sulfonamides is 1. The third-order valence-corrected chi connectivity index (χ3v) is 7.17. The minimum atomic E-state index is -3.83. The number of hydrogen-bond donors (Lipinski definition) is 1. The Kier molecular flexibility index (Phi) is 5.80. The van der Waals surface area contributed by atoms with Crippen LogP contribution >= 0.6 is 22.7 Å². The van der Waals surface area contributed by atoms with Gasteiger partial charge in [0.25, 0.3) is 5.91 Å². The van der Waals surface area contributed by atoms with Crippen LogP contribution in [0.25, 0.3) is 20.4 Å². The van der Waals surface area contributed by atoms with E-state index in [4.69, 9.17) is 9.88 Å². The van der Waals surface area contributed by atoms with Crippen LogP contribution in [-0.4, -0.2) is 37.1 Å². The molecule has 0 fully saturated rings. The van der Waals surface area contributed by atoms with Crippen LogP contribution in [0.15, 0.2) is 51.8 Å². The highest BCUT2D eigenvalue weighted by atomic mass is 32.2. The Labute approximate surface area is 180 Å². The number of benzene rings is 2. The molecule has 4 aromatic rings. The molecule has 0 saturated carbocycles. The zero-order chi connectivity index (χ0) is 21.3. The lowest BCUT2D eigenvalue weighted by molar-refractivity contribution is 0.0996. The molecule has 2 heterocycles. The smallest absolute Gasteiger partial charge is 0.279 e. The zero-order valence-corrected chi connectivity index (χ0v) is 18.4. The lowest BCUT2D eigenvalue weighted by atomic mass is 10.2. The summed E-state index contributed by atoms with van der Waals surface area (Å²) in [7, 11) is -3.83. The molecule has 156 valence electrons. The Morgan fingerprint density at radius 1 is 1.23 bits per heavy atom. The number of sulfonamides is 1. The molecule has 0 unspecified atom stereocenters. The number of nitrogens with zero attached hydrogens (tertiary/aromatic N) is 3. The summed E-state index contributed by atoms with van der Waals surface area (Å²) in [5, 5.41) is 5.25. The van der Waals surface area contributed by atoms with Crippen molar-refractivity contribution in [3.05, 3.63) is 52.3 Å². The molecular weight excluding hydrogens is 444 g/mol. The summed E-state index contributed by atoms with van der Waals surface area (Å²) < 4.78 is 32.3. The number of thiazole rings is 2. The second kappa shape index (κ2) is 8.36. The van der Waals surface area contributed by atoms with Crippen molar-refractivity contribution in [3.63, 3.8) is 0 Å². The van der Waals surface area contributed by atoms with Crippen molar-refractivity contribution in [1.29, 1.82) is 0 Å². The Bertz CT molecular complexity index is 1420. The van der Waals surface area contributed by atoms with Crippen molar-refractivity contribution in [2.45, 2.75) is 18.4 Å². The molecule has 1 amide bonds. The Balaban J connectivity index is 1.81.